The summed E-state index contributed by atoms with van der Waals surface area (Å²) in [6.45, 7) is 4.11. The van der Waals surface area contributed by atoms with Crippen molar-refractivity contribution in [3.8, 4) is 5.75 Å². The molecular formula is C17H20ClN3O2S. The van der Waals surface area contributed by atoms with Crippen LogP contribution in [0.15, 0.2) is 36.4 Å². The molecule has 1 amide bonds. The summed E-state index contributed by atoms with van der Waals surface area (Å²) in [5.74, 6) is 0.328. The number of nitrogens with zero attached hydrogens (tertiary/aromatic N) is 2. The lowest BCUT2D eigenvalue weighted by Gasteiger charge is -2.35. The number of hydrogen-bond acceptors (Lipinski definition) is 5. The van der Waals surface area contributed by atoms with Gasteiger partial charge in [-0.2, -0.15) is 0 Å². The average molecular weight is 366 g/mol. The van der Waals surface area contributed by atoms with Crippen LogP contribution in [0.2, 0.25) is 4.34 Å². The number of para-hydroxylation sites is 2. The predicted octanol–water partition coefficient (Wildman–Crippen LogP) is 2.55. The second-order valence-corrected chi connectivity index (χ2v) is 7.53. The van der Waals surface area contributed by atoms with Gasteiger partial charge < -0.3 is 15.3 Å². The number of carbonyl (C=O) groups excluding carboxylic acids is 1. The molecule has 1 aliphatic rings. The van der Waals surface area contributed by atoms with Crippen LogP contribution in [0.1, 0.15) is 4.88 Å². The first-order valence-corrected chi connectivity index (χ1v) is 9.07. The summed E-state index contributed by atoms with van der Waals surface area (Å²) in [5.41, 5.74) is 0.858. The Labute approximate surface area is 150 Å². The smallest absolute Gasteiger partial charge is 0.234 e. The van der Waals surface area contributed by atoms with Gasteiger partial charge in [-0.3, -0.25) is 9.69 Å². The zero-order valence-electron chi connectivity index (χ0n) is 13.2. The van der Waals surface area contributed by atoms with Crippen LogP contribution in [0.5, 0.6) is 5.75 Å². The maximum atomic E-state index is 12.1. The fraction of sp³-hybridized carbons (Fsp3) is 0.353. The van der Waals surface area contributed by atoms with E-state index in [1.807, 2.05) is 30.3 Å². The average Bonchev–Trinajstić information content (AvgIpc) is 3.00. The van der Waals surface area contributed by atoms with Crippen molar-refractivity contribution in [3.63, 3.8) is 0 Å². The highest BCUT2D eigenvalue weighted by Gasteiger charge is 2.20. The van der Waals surface area contributed by atoms with Crippen molar-refractivity contribution in [1.82, 2.24) is 10.2 Å². The second-order valence-electron chi connectivity index (χ2n) is 5.73. The highest BCUT2D eigenvalue weighted by Crippen LogP contribution is 2.27. The molecular weight excluding hydrogens is 346 g/mol. The number of piperazine rings is 1. The number of phenols is 1. The molecule has 1 aromatic carbocycles. The molecule has 0 saturated carbocycles. The van der Waals surface area contributed by atoms with Crippen molar-refractivity contribution in [2.75, 3.05) is 37.6 Å². The van der Waals surface area contributed by atoms with E-state index in [2.05, 4.69) is 15.1 Å². The van der Waals surface area contributed by atoms with E-state index in [1.54, 1.807) is 6.07 Å². The lowest BCUT2D eigenvalue weighted by Crippen LogP contribution is -2.49. The highest BCUT2D eigenvalue weighted by molar-refractivity contribution is 7.16. The molecule has 5 nitrogen and oxygen atoms in total. The quantitative estimate of drug-likeness (QED) is 0.855. The molecule has 128 valence electrons. The topological polar surface area (TPSA) is 55.8 Å². The Balaban J connectivity index is 1.43. The third kappa shape index (κ3) is 4.41. The lowest BCUT2D eigenvalue weighted by atomic mass is 10.2. The minimum Gasteiger partial charge on any atom is -0.506 e. The Bertz CT molecular complexity index is 699. The van der Waals surface area contributed by atoms with Crippen LogP contribution in [-0.2, 0) is 11.3 Å². The SMILES string of the molecule is O=C(CN1CCN(c2ccccc2O)CC1)NCc1ccc(Cl)s1. The maximum absolute atomic E-state index is 12.1. The predicted molar refractivity (Wildman–Crippen MR) is 97.9 cm³/mol. The van der Waals surface area contributed by atoms with Gasteiger partial charge in [-0.15, -0.1) is 11.3 Å². The van der Waals surface area contributed by atoms with Crippen LogP contribution in [0.25, 0.3) is 0 Å². The monoisotopic (exact) mass is 365 g/mol. The molecule has 2 aromatic rings. The molecule has 0 atom stereocenters. The summed E-state index contributed by atoms with van der Waals surface area (Å²) in [6.07, 6.45) is 0. The number of phenolic OH excluding ortho intramolecular Hbond substituents is 1. The molecule has 24 heavy (non-hydrogen) atoms. The minimum absolute atomic E-state index is 0.0236. The van der Waals surface area contributed by atoms with Crippen LogP contribution in [-0.4, -0.2) is 48.6 Å². The fourth-order valence-corrected chi connectivity index (χ4v) is 3.80. The number of halogens is 1. The van der Waals surface area contributed by atoms with Gasteiger partial charge in [-0.1, -0.05) is 23.7 Å². The molecule has 2 N–H and O–H groups in total. The van der Waals surface area contributed by atoms with E-state index in [9.17, 15) is 9.90 Å². The number of anilines is 1. The molecule has 0 bridgehead atoms. The Morgan fingerprint density at radius 3 is 2.58 bits per heavy atom. The molecule has 1 aromatic heterocycles. The number of thiophene rings is 1. The molecule has 0 aliphatic carbocycles. The molecule has 1 fully saturated rings. The highest BCUT2D eigenvalue weighted by atomic mass is 35.5. The van der Waals surface area contributed by atoms with Crippen LogP contribution in [0.4, 0.5) is 5.69 Å². The Morgan fingerprint density at radius 2 is 1.92 bits per heavy atom. The van der Waals surface area contributed by atoms with Crippen LogP contribution in [0, 0.1) is 0 Å². The van der Waals surface area contributed by atoms with Gasteiger partial charge in [-0.25, -0.2) is 0 Å². The molecule has 0 spiro atoms. The molecule has 1 aliphatic heterocycles. The third-order valence-electron chi connectivity index (χ3n) is 4.05. The number of hydrogen-bond donors (Lipinski definition) is 2. The normalized spacial score (nSPS) is 15.5. The number of benzene rings is 1. The van der Waals surface area contributed by atoms with Gasteiger partial charge in [0.1, 0.15) is 5.75 Å². The third-order valence-corrected chi connectivity index (χ3v) is 5.28. The van der Waals surface area contributed by atoms with Crippen molar-refractivity contribution < 1.29 is 9.90 Å². The number of carbonyl (C=O) groups is 1. The van der Waals surface area contributed by atoms with Gasteiger partial charge in [0.2, 0.25) is 5.91 Å². The van der Waals surface area contributed by atoms with Gasteiger partial charge in [0.15, 0.2) is 0 Å². The maximum Gasteiger partial charge on any atom is 0.234 e. The van der Waals surface area contributed by atoms with Crippen LogP contribution in [0.3, 0.4) is 0 Å². The number of nitrogens with one attached hydrogen (secondary N) is 1. The zero-order valence-corrected chi connectivity index (χ0v) is 14.8. The summed E-state index contributed by atoms with van der Waals surface area (Å²) in [4.78, 5) is 17.4. The van der Waals surface area contributed by atoms with E-state index < -0.39 is 0 Å². The largest absolute Gasteiger partial charge is 0.506 e. The van der Waals surface area contributed by atoms with Crippen LogP contribution >= 0.6 is 22.9 Å². The standard InChI is InChI=1S/C17H20ClN3O2S/c18-16-6-5-13(24-16)11-19-17(23)12-20-7-9-21(10-8-20)14-3-1-2-4-15(14)22/h1-6,22H,7-12H2,(H,19,23). The molecule has 3 rings (SSSR count). The van der Waals surface area contributed by atoms with Crippen molar-refractivity contribution >= 4 is 34.5 Å². The van der Waals surface area contributed by atoms with Crippen molar-refractivity contribution in [2.24, 2.45) is 0 Å². The summed E-state index contributed by atoms with van der Waals surface area (Å²) in [6, 6.07) is 11.1. The lowest BCUT2D eigenvalue weighted by molar-refractivity contribution is -0.122. The van der Waals surface area contributed by atoms with E-state index in [0.717, 1.165) is 41.1 Å². The van der Waals surface area contributed by atoms with E-state index in [1.165, 1.54) is 11.3 Å². The zero-order chi connectivity index (χ0) is 16.9. The Kier molecular flexibility index (Phi) is 5.60. The Morgan fingerprint density at radius 1 is 1.17 bits per heavy atom. The molecule has 0 radical (unpaired) electrons. The first-order valence-electron chi connectivity index (χ1n) is 7.88. The van der Waals surface area contributed by atoms with Crippen LogP contribution < -0.4 is 10.2 Å². The van der Waals surface area contributed by atoms with E-state index >= 15 is 0 Å². The van der Waals surface area contributed by atoms with E-state index in [-0.39, 0.29) is 5.91 Å². The van der Waals surface area contributed by atoms with Crippen molar-refractivity contribution in [2.45, 2.75) is 6.54 Å². The summed E-state index contributed by atoms with van der Waals surface area (Å²) < 4.78 is 0.736. The molecule has 2 heterocycles. The second kappa shape index (κ2) is 7.88. The van der Waals surface area contributed by atoms with Crippen molar-refractivity contribution in [3.05, 3.63) is 45.6 Å². The molecule has 1 saturated heterocycles. The number of amides is 1. The van der Waals surface area contributed by atoms with Gasteiger partial charge in [0.25, 0.3) is 0 Å². The fourth-order valence-electron chi connectivity index (χ4n) is 2.77. The number of aromatic hydroxyl groups is 1. The number of rotatable bonds is 5. The van der Waals surface area contributed by atoms with Gasteiger partial charge in [-0.05, 0) is 24.3 Å². The van der Waals surface area contributed by atoms with Gasteiger partial charge in [0, 0.05) is 31.1 Å². The minimum atomic E-state index is 0.0236. The van der Waals surface area contributed by atoms with E-state index in [4.69, 9.17) is 11.6 Å². The van der Waals surface area contributed by atoms with Gasteiger partial charge >= 0.3 is 0 Å². The summed E-state index contributed by atoms with van der Waals surface area (Å²) >= 11 is 7.36. The van der Waals surface area contributed by atoms with Crippen molar-refractivity contribution in [1.29, 1.82) is 0 Å². The summed E-state index contributed by atoms with van der Waals surface area (Å²) in [5, 5.41) is 12.9. The molecule has 0 unspecified atom stereocenters. The first-order chi connectivity index (χ1) is 11.6. The Hall–Kier alpha value is -1.76. The summed E-state index contributed by atoms with van der Waals surface area (Å²) in [7, 11) is 0. The van der Waals surface area contributed by atoms with Gasteiger partial charge in [0.05, 0.1) is 23.1 Å². The van der Waals surface area contributed by atoms with E-state index in [0.29, 0.717) is 18.8 Å². The molecule has 7 heteroatoms. The first kappa shape index (κ1) is 17.1.